The Kier molecular flexibility index (Phi) is 5.58. The second-order valence-corrected chi connectivity index (χ2v) is 8.90. The summed E-state index contributed by atoms with van der Waals surface area (Å²) < 4.78 is 41.7. The molecule has 0 N–H and O–H groups in total. The Morgan fingerprint density at radius 3 is 2.45 bits per heavy atom. The summed E-state index contributed by atoms with van der Waals surface area (Å²) in [7, 11) is 0. The minimum Gasteiger partial charge on any atom is -0.350 e. The van der Waals surface area contributed by atoms with Gasteiger partial charge in [0.2, 0.25) is 0 Å². The van der Waals surface area contributed by atoms with Crippen molar-refractivity contribution in [3.05, 3.63) is 29.7 Å². The molecule has 0 amide bonds. The van der Waals surface area contributed by atoms with Crippen LogP contribution in [-0.2, 0) is 25.7 Å². The highest BCUT2D eigenvalue weighted by molar-refractivity contribution is 5.44. The number of nitrogens with zero attached hydrogens (tertiary/aromatic N) is 7. The van der Waals surface area contributed by atoms with Crippen molar-refractivity contribution >= 4 is 5.82 Å². The first kappa shape index (κ1) is 20.7. The Morgan fingerprint density at radius 2 is 1.71 bits per heavy atom. The molecule has 3 aliphatic rings. The summed E-state index contributed by atoms with van der Waals surface area (Å²) in [5.74, 6) is 2.55. The van der Waals surface area contributed by atoms with Gasteiger partial charge in [-0.05, 0) is 38.5 Å². The van der Waals surface area contributed by atoms with E-state index in [4.69, 9.17) is 0 Å². The molecule has 0 spiro atoms. The Hall–Kier alpha value is -2.23. The maximum absolute atomic E-state index is 13.1. The van der Waals surface area contributed by atoms with E-state index in [-0.39, 0.29) is 6.04 Å². The molecule has 0 atom stereocenters. The molecule has 1 saturated heterocycles. The third-order valence-electron chi connectivity index (χ3n) is 6.65. The standard InChI is InChI=1S/C21H28F3N7/c22-21(23,24)17-12-19(26-14-25-17)31(15-5-6-15)16-7-10-29(11-8-16)13-20-28-27-18-4-2-1-3-9-30(18)20/h12,14-16H,1-11,13H2. The van der Waals surface area contributed by atoms with Gasteiger partial charge in [-0.1, -0.05) is 6.42 Å². The number of hydrogen-bond donors (Lipinski definition) is 0. The van der Waals surface area contributed by atoms with Gasteiger partial charge in [-0.3, -0.25) is 4.90 Å². The molecular formula is C21H28F3N7. The van der Waals surface area contributed by atoms with E-state index in [2.05, 4.69) is 34.5 Å². The van der Waals surface area contributed by atoms with E-state index in [0.29, 0.717) is 11.9 Å². The van der Waals surface area contributed by atoms with Gasteiger partial charge in [-0.2, -0.15) is 13.2 Å². The third kappa shape index (κ3) is 4.53. The molecule has 0 bridgehead atoms. The molecule has 10 heteroatoms. The van der Waals surface area contributed by atoms with Crippen LogP contribution in [0.25, 0.3) is 0 Å². The van der Waals surface area contributed by atoms with E-state index in [9.17, 15) is 13.2 Å². The molecule has 7 nitrogen and oxygen atoms in total. The average Bonchev–Trinajstić information content (AvgIpc) is 3.55. The van der Waals surface area contributed by atoms with Gasteiger partial charge in [0.05, 0.1) is 6.54 Å². The fraction of sp³-hybridized carbons (Fsp3) is 0.714. The summed E-state index contributed by atoms with van der Waals surface area (Å²) in [4.78, 5) is 12.1. The van der Waals surface area contributed by atoms with Crippen LogP contribution >= 0.6 is 0 Å². The molecule has 5 rings (SSSR count). The number of aromatic nitrogens is 5. The van der Waals surface area contributed by atoms with Gasteiger partial charge in [-0.25, -0.2) is 9.97 Å². The zero-order valence-corrected chi connectivity index (χ0v) is 17.6. The monoisotopic (exact) mass is 435 g/mol. The van der Waals surface area contributed by atoms with Gasteiger partial charge in [0.1, 0.15) is 29.5 Å². The van der Waals surface area contributed by atoms with E-state index in [1.165, 1.54) is 19.3 Å². The minimum atomic E-state index is -4.45. The van der Waals surface area contributed by atoms with Gasteiger partial charge in [0.15, 0.2) is 0 Å². The van der Waals surface area contributed by atoms with Crippen LogP contribution in [0.1, 0.15) is 62.3 Å². The minimum absolute atomic E-state index is 0.204. The van der Waals surface area contributed by atoms with Gasteiger partial charge < -0.3 is 9.47 Å². The summed E-state index contributed by atoms with van der Waals surface area (Å²) in [6, 6.07) is 1.60. The third-order valence-corrected chi connectivity index (χ3v) is 6.65. The predicted octanol–water partition coefficient (Wildman–Crippen LogP) is 3.45. The largest absolute Gasteiger partial charge is 0.433 e. The van der Waals surface area contributed by atoms with E-state index in [0.717, 1.165) is 82.3 Å². The molecule has 2 aliphatic heterocycles. The lowest BCUT2D eigenvalue weighted by Gasteiger charge is -2.39. The number of alkyl halides is 3. The Labute approximate surface area is 179 Å². The zero-order chi connectivity index (χ0) is 21.4. The maximum Gasteiger partial charge on any atom is 0.433 e. The number of likely N-dealkylation sites (tertiary alicyclic amines) is 1. The van der Waals surface area contributed by atoms with E-state index in [1.54, 1.807) is 0 Å². The predicted molar refractivity (Wildman–Crippen MR) is 108 cm³/mol. The molecular weight excluding hydrogens is 407 g/mol. The molecule has 1 aliphatic carbocycles. The van der Waals surface area contributed by atoms with Crippen molar-refractivity contribution < 1.29 is 13.2 Å². The summed E-state index contributed by atoms with van der Waals surface area (Å²) in [6.07, 6.45) is 5.02. The van der Waals surface area contributed by atoms with Crippen molar-refractivity contribution in [2.45, 2.75) is 82.7 Å². The number of rotatable bonds is 5. The van der Waals surface area contributed by atoms with Crippen LogP contribution in [0, 0.1) is 0 Å². The Bertz CT molecular complexity index is 901. The van der Waals surface area contributed by atoms with Gasteiger partial charge in [-0.15, -0.1) is 10.2 Å². The first-order valence-electron chi connectivity index (χ1n) is 11.3. The Balaban J connectivity index is 1.25. The molecule has 0 radical (unpaired) electrons. The highest BCUT2D eigenvalue weighted by Crippen LogP contribution is 2.37. The molecule has 1 saturated carbocycles. The van der Waals surface area contributed by atoms with Crippen LogP contribution in [0.5, 0.6) is 0 Å². The van der Waals surface area contributed by atoms with Crippen molar-refractivity contribution in [2.24, 2.45) is 0 Å². The molecule has 4 heterocycles. The first-order valence-corrected chi connectivity index (χ1v) is 11.3. The molecule has 0 aromatic carbocycles. The smallest absolute Gasteiger partial charge is 0.350 e. The van der Waals surface area contributed by atoms with Gasteiger partial charge in [0, 0.05) is 44.2 Å². The fourth-order valence-electron chi connectivity index (χ4n) is 4.89. The average molecular weight is 435 g/mol. The van der Waals surface area contributed by atoms with E-state index < -0.39 is 11.9 Å². The lowest BCUT2D eigenvalue weighted by atomic mass is 10.0. The zero-order valence-electron chi connectivity index (χ0n) is 17.6. The number of anilines is 1. The number of piperidine rings is 1. The summed E-state index contributed by atoms with van der Waals surface area (Å²) in [5.41, 5.74) is -0.868. The van der Waals surface area contributed by atoms with E-state index in [1.807, 2.05) is 0 Å². The van der Waals surface area contributed by atoms with Gasteiger partial charge >= 0.3 is 6.18 Å². The molecule has 2 fully saturated rings. The second-order valence-electron chi connectivity index (χ2n) is 8.90. The quantitative estimate of drug-likeness (QED) is 0.717. The number of halogens is 3. The maximum atomic E-state index is 13.1. The van der Waals surface area contributed by atoms with Crippen LogP contribution in [0.4, 0.5) is 19.0 Å². The van der Waals surface area contributed by atoms with Crippen LogP contribution < -0.4 is 4.90 Å². The van der Waals surface area contributed by atoms with Crippen molar-refractivity contribution in [1.29, 1.82) is 0 Å². The number of fused-ring (bicyclic) bond motifs is 1. The summed E-state index contributed by atoms with van der Waals surface area (Å²) in [6.45, 7) is 3.58. The van der Waals surface area contributed by atoms with Crippen molar-refractivity contribution in [2.75, 3.05) is 18.0 Å². The lowest BCUT2D eigenvalue weighted by molar-refractivity contribution is -0.141. The van der Waals surface area contributed by atoms with Crippen LogP contribution in [0.15, 0.2) is 12.4 Å². The highest BCUT2D eigenvalue weighted by atomic mass is 19.4. The van der Waals surface area contributed by atoms with E-state index >= 15 is 0 Å². The second kappa shape index (κ2) is 8.37. The Morgan fingerprint density at radius 1 is 0.935 bits per heavy atom. The first-order chi connectivity index (χ1) is 15.0. The SMILES string of the molecule is FC(F)(F)c1cc(N(C2CC2)C2CCN(Cc3nnc4n3CCCCC4)CC2)ncn1. The molecule has 31 heavy (non-hydrogen) atoms. The van der Waals surface area contributed by atoms with Crippen LogP contribution in [0.3, 0.4) is 0 Å². The van der Waals surface area contributed by atoms with Gasteiger partial charge in [0.25, 0.3) is 0 Å². The topological polar surface area (TPSA) is 63.0 Å². The lowest BCUT2D eigenvalue weighted by Crippen LogP contribution is -2.46. The van der Waals surface area contributed by atoms with Crippen LogP contribution in [0.2, 0.25) is 0 Å². The molecule has 2 aromatic rings. The number of aryl methyl sites for hydroxylation is 1. The van der Waals surface area contributed by atoms with Crippen molar-refractivity contribution in [1.82, 2.24) is 29.6 Å². The number of hydrogen-bond acceptors (Lipinski definition) is 6. The molecule has 0 unspecified atom stereocenters. The summed E-state index contributed by atoms with van der Waals surface area (Å²) in [5, 5.41) is 8.84. The molecule has 2 aromatic heterocycles. The van der Waals surface area contributed by atoms with Crippen molar-refractivity contribution in [3.8, 4) is 0 Å². The summed E-state index contributed by atoms with van der Waals surface area (Å²) >= 11 is 0. The van der Waals surface area contributed by atoms with Crippen LogP contribution in [-0.4, -0.2) is 54.8 Å². The highest BCUT2D eigenvalue weighted by Gasteiger charge is 2.39. The molecule has 168 valence electrons. The normalized spacial score (nSPS) is 21.0. The fourth-order valence-corrected chi connectivity index (χ4v) is 4.89. The van der Waals surface area contributed by atoms with Crippen molar-refractivity contribution in [3.63, 3.8) is 0 Å².